The monoisotopic (exact) mass is 287 g/mol. The highest BCUT2D eigenvalue weighted by Gasteiger charge is 2.12. The van der Waals surface area contributed by atoms with E-state index >= 15 is 0 Å². The van der Waals surface area contributed by atoms with Crippen LogP contribution in [0, 0.1) is 13.8 Å². The lowest BCUT2D eigenvalue weighted by Crippen LogP contribution is -2.34. The summed E-state index contributed by atoms with van der Waals surface area (Å²) in [4.78, 5) is 8.90. The molecule has 3 nitrogen and oxygen atoms in total. The number of aromatic nitrogens is 2. The second-order valence-corrected chi connectivity index (χ2v) is 5.78. The summed E-state index contributed by atoms with van der Waals surface area (Å²) in [6, 6.07) is 2.73. The number of nitrogens with one attached hydrogen (secondary N) is 1. The van der Waals surface area contributed by atoms with Gasteiger partial charge in [-0.1, -0.05) is 18.2 Å². The Morgan fingerprint density at radius 3 is 2.61 bits per heavy atom. The first kappa shape index (κ1) is 15.7. The number of thioether (sulfide) groups is 1. The fraction of sp³-hybridized carbons (Fsp3) is 0.692. The fourth-order valence-electron chi connectivity index (χ4n) is 2.22. The quantitative estimate of drug-likeness (QED) is 0.682. The average Bonchev–Trinajstić information content (AvgIpc) is 2.29. The standard InChI is InChI=1S/C13H21N3S.ClH/c1-10-9-11(2)16-13(15-10)17-8-6-12-5-3-4-7-14-12;/h9,12,14H,3-8H2,1-2H3;1H. The van der Waals surface area contributed by atoms with Gasteiger partial charge in [0.2, 0.25) is 0 Å². The smallest absolute Gasteiger partial charge is 0.187 e. The van der Waals surface area contributed by atoms with Gasteiger partial charge in [0.05, 0.1) is 0 Å². The molecule has 1 N–H and O–H groups in total. The van der Waals surface area contributed by atoms with Gasteiger partial charge in [-0.05, 0) is 45.7 Å². The number of aryl methyl sites for hydroxylation is 2. The summed E-state index contributed by atoms with van der Waals surface area (Å²) in [5.41, 5.74) is 2.13. The highest BCUT2D eigenvalue weighted by atomic mass is 35.5. The van der Waals surface area contributed by atoms with Crippen molar-refractivity contribution >= 4 is 24.2 Å². The highest BCUT2D eigenvalue weighted by Crippen LogP contribution is 2.18. The van der Waals surface area contributed by atoms with Crippen LogP contribution in [0.25, 0.3) is 0 Å². The van der Waals surface area contributed by atoms with Crippen LogP contribution in [-0.4, -0.2) is 28.3 Å². The van der Waals surface area contributed by atoms with E-state index < -0.39 is 0 Å². The van der Waals surface area contributed by atoms with E-state index in [2.05, 4.69) is 15.3 Å². The molecule has 0 aromatic carbocycles. The highest BCUT2D eigenvalue weighted by molar-refractivity contribution is 7.99. The van der Waals surface area contributed by atoms with E-state index in [9.17, 15) is 0 Å². The average molecular weight is 288 g/mol. The Bertz CT molecular complexity index is 347. The third kappa shape index (κ3) is 5.12. The molecule has 1 aromatic rings. The third-order valence-electron chi connectivity index (χ3n) is 3.07. The molecule has 18 heavy (non-hydrogen) atoms. The maximum Gasteiger partial charge on any atom is 0.187 e. The summed E-state index contributed by atoms with van der Waals surface area (Å²) < 4.78 is 0. The number of nitrogens with zero attached hydrogens (tertiary/aromatic N) is 2. The molecule has 102 valence electrons. The maximum absolute atomic E-state index is 4.45. The Balaban J connectivity index is 0.00000162. The van der Waals surface area contributed by atoms with Crippen LogP contribution in [0.3, 0.4) is 0 Å². The Morgan fingerprint density at radius 2 is 2.00 bits per heavy atom. The molecule has 1 saturated heterocycles. The maximum atomic E-state index is 4.45. The van der Waals surface area contributed by atoms with Gasteiger partial charge >= 0.3 is 0 Å². The fourth-order valence-corrected chi connectivity index (χ4v) is 3.22. The molecule has 0 saturated carbocycles. The molecule has 5 heteroatoms. The molecule has 1 atom stereocenters. The first-order chi connectivity index (χ1) is 8.24. The van der Waals surface area contributed by atoms with Crippen LogP contribution in [0.4, 0.5) is 0 Å². The molecule has 1 aromatic heterocycles. The van der Waals surface area contributed by atoms with Gasteiger partial charge in [0.1, 0.15) is 0 Å². The van der Waals surface area contributed by atoms with E-state index in [1.807, 2.05) is 19.9 Å². The van der Waals surface area contributed by atoms with Gasteiger partial charge in [0, 0.05) is 23.2 Å². The summed E-state index contributed by atoms with van der Waals surface area (Å²) in [5.74, 6) is 1.11. The Hall–Kier alpha value is -0.320. The first-order valence-corrected chi connectivity index (χ1v) is 7.41. The molecule has 0 bridgehead atoms. The van der Waals surface area contributed by atoms with Crippen molar-refractivity contribution in [3.63, 3.8) is 0 Å². The lowest BCUT2D eigenvalue weighted by molar-refractivity contribution is 0.394. The Kier molecular flexibility index (Phi) is 6.97. The van der Waals surface area contributed by atoms with Gasteiger partial charge in [-0.15, -0.1) is 12.4 Å². The number of piperidine rings is 1. The zero-order valence-electron chi connectivity index (χ0n) is 11.1. The zero-order chi connectivity index (χ0) is 12.1. The van der Waals surface area contributed by atoms with Crippen molar-refractivity contribution < 1.29 is 0 Å². The predicted octanol–water partition coefficient (Wildman–Crippen LogP) is 3.14. The number of hydrogen-bond donors (Lipinski definition) is 1. The topological polar surface area (TPSA) is 37.8 Å². The number of halogens is 1. The van der Waals surface area contributed by atoms with Crippen molar-refractivity contribution in [2.75, 3.05) is 12.3 Å². The van der Waals surface area contributed by atoms with Crippen molar-refractivity contribution in [2.24, 2.45) is 0 Å². The van der Waals surface area contributed by atoms with Crippen LogP contribution in [0.5, 0.6) is 0 Å². The van der Waals surface area contributed by atoms with Crippen molar-refractivity contribution in [2.45, 2.75) is 50.7 Å². The SMILES string of the molecule is Cc1cc(C)nc(SCCC2CCCCN2)n1.Cl. The lowest BCUT2D eigenvalue weighted by atomic mass is 10.0. The molecular formula is C13H22ClN3S. The molecule has 0 aliphatic carbocycles. The summed E-state index contributed by atoms with van der Waals surface area (Å²) in [5, 5.41) is 4.50. The second-order valence-electron chi connectivity index (χ2n) is 4.72. The summed E-state index contributed by atoms with van der Waals surface area (Å²) in [6.07, 6.45) is 5.27. The minimum absolute atomic E-state index is 0. The van der Waals surface area contributed by atoms with Crippen molar-refractivity contribution in [1.82, 2.24) is 15.3 Å². The molecule has 1 fully saturated rings. The van der Waals surface area contributed by atoms with Gasteiger partial charge in [0.25, 0.3) is 0 Å². The Labute approximate surface area is 120 Å². The third-order valence-corrected chi connectivity index (χ3v) is 3.95. The van der Waals surface area contributed by atoms with Crippen LogP contribution in [0.2, 0.25) is 0 Å². The van der Waals surface area contributed by atoms with E-state index in [0.29, 0.717) is 6.04 Å². The lowest BCUT2D eigenvalue weighted by Gasteiger charge is -2.22. The van der Waals surface area contributed by atoms with E-state index in [1.54, 1.807) is 11.8 Å². The molecule has 0 radical (unpaired) electrons. The van der Waals surface area contributed by atoms with Crippen LogP contribution < -0.4 is 5.32 Å². The van der Waals surface area contributed by atoms with E-state index in [0.717, 1.165) is 22.3 Å². The van der Waals surface area contributed by atoms with Gasteiger partial charge in [-0.2, -0.15) is 0 Å². The largest absolute Gasteiger partial charge is 0.314 e. The number of hydrogen-bond acceptors (Lipinski definition) is 4. The van der Waals surface area contributed by atoms with Gasteiger partial charge in [0.15, 0.2) is 5.16 Å². The van der Waals surface area contributed by atoms with E-state index in [-0.39, 0.29) is 12.4 Å². The van der Waals surface area contributed by atoms with E-state index in [1.165, 1.54) is 32.2 Å². The molecule has 2 heterocycles. The summed E-state index contributed by atoms with van der Waals surface area (Å²) in [6.45, 7) is 5.25. The van der Waals surface area contributed by atoms with E-state index in [4.69, 9.17) is 0 Å². The minimum Gasteiger partial charge on any atom is -0.314 e. The molecule has 1 aliphatic heterocycles. The van der Waals surface area contributed by atoms with Crippen LogP contribution in [0.1, 0.15) is 37.1 Å². The molecule has 0 amide bonds. The molecule has 0 spiro atoms. The predicted molar refractivity (Wildman–Crippen MR) is 79.7 cm³/mol. The van der Waals surface area contributed by atoms with Gasteiger partial charge in [-0.3, -0.25) is 0 Å². The van der Waals surface area contributed by atoms with Crippen LogP contribution >= 0.6 is 24.2 Å². The van der Waals surface area contributed by atoms with Crippen LogP contribution in [-0.2, 0) is 0 Å². The normalized spacial score (nSPS) is 19.3. The molecule has 1 unspecified atom stereocenters. The summed E-state index contributed by atoms with van der Waals surface area (Å²) >= 11 is 1.78. The summed E-state index contributed by atoms with van der Waals surface area (Å²) in [7, 11) is 0. The van der Waals surface area contributed by atoms with Gasteiger partial charge < -0.3 is 5.32 Å². The van der Waals surface area contributed by atoms with Crippen molar-refractivity contribution in [3.8, 4) is 0 Å². The zero-order valence-corrected chi connectivity index (χ0v) is 12.7. The molecule has 1 aliphatic rings. The van der Waals surface area contributed by atoms with Crippen LogP contribution in [0.15, 0.2) is 11.2 Å². The van der Waals surface area contributed by atoms with Gasteiger partial charge in [-0.25, -0.2) is 9.97 Å². The second kappa shape index (κ2) is 7.97. The van der Waals surface area contributed by atoms with Crippen molar-refractivity contribution in [3.05, 3.63) is 17.5 Å². The minimum atomic E-state index is 0. The Morgan fingerprint density at radius 1 is 1.28 bits per heavy atom. The first-order valence-electron chi connectivity index (χ1n) is 6.42. The number of rotatable bonds is 4. The van der Waals surface area contributed by atoms with Crippen molar-refractivity contribution in [1.29, 1.82) is 0 Å². The molecular weight excluding hydrogens is 266 g/mol. The molecule has 2 rings (SSSR count).